The normalized spacial score (nSPS) is 12.3. The molecule has 3 nitrogen and oxygen atoms in total. The molecule has 0 fully saturated rings. The van der Waals surface area contributed by atoms with Crippen LogP contribution in [0.3, 0.4) is 0 Å². The molecule has 0 bridgehead atoms. The van der Waals surface area contributed by atoms with Crippen molar-refractivity contribution in [2.75, 3.05) is 5.32 Å². The third-order valence-corrected chi connectivity index (χ3v) is 2.20. The number of carboxylic acids is 1. The molecule has 0 aliphatic heterocycles. The van der Waals surface area contributed by atoms with Crippen LogP contribution in [-0.2, 0) is 11.0 Å². The Kier molecular flexibility index (Phi) is 4.36. The van der Waals surface area contributed by atoms with Crippen LogP contribution in [0.5, 0.6) is 0 Å². The second-order valence-electron chi connectivity index (χ2n) is 3.56. The van der Waals surface area contributed by atoms with Gasteiger partial charge in [-0.05, 0) is 30.7 Å². The molecule has 98 valence electrons. The number of rotatable bonds is 4. The third-order valence-electron chi connectivity index (χ3n) is 2.20. The summed E-state index contributed by atoms with van der Waals surface area (Å²) in [6.45, 7) is 1.74. The molecule has 0 amide bonds. The molecule has 0 aromatic heterocycles. The number of alkyl halides is 3. The molecule has 1 aromatic carbocycles. The molecule has 0 aliphatic carbocycles. The summed E-state index contributed by atoms with van der Waals surface area (Å²) in [6.07, 6.45) is -2.95. The maximum absolute atomic E-state index is 12.3. The van der Waals surface area contributed by atoms with Gasteiger partial charge in [0.25, 0.3) is 0 Å². The number of nitrogens with one attached hydrogen (secondary N) is 1. The number of hydrogen-bond acceptors (Lipinski definition) is 2. The zero-order valence-corrected chi connectivity index (χ0v) is 9.58. The number of aliphatic carboxylic acids is 1. The van der Waals surface area contributed by atoms with Gasteiger partial charge in [0.05, 0.1) is 5.56 Å². The SMILES string of the molecule is CCC(=CC(=O)O)Nc1ccc(C(F)(F)F)cc1. The van der Waals surface area contributed by atoms with Crippen LogP contribution in [0.25, 0.3) is 0 Å². The molecule has 0 unspecified atom stereocenters. The lowest BCUT2D eigenvalue weighted by molar-refractivity contribution is -0.137. The van der Waals surface area contributed by atoms with Gasteiger partial charge in [0, 0.05) is 17.5 Å². The van der Waals surface area contributed by atoms with Crippen molar-refractivity contribution < 1.29 is 23.1 Å². The van der Waals surface area contributed by atoms with Gasteiger partial charge < -0.3 is 10.4 Å². The summed E-state index contributed by atoms with van der Waals surface area (Å²) in [5, 5.41) is 11.3. The molecule has 18 heavy (non-hydrogen) atoms. The molecule has 1 rings (SSSR count). The number of carboxylic acid groups (broad SMARTS) is 1. The van der Waals surface area contributed by atoms with Gasteiger partial charge in [-0.2, -0.15) is 13.2 Å². The first-order valence-corrected chi connectivity index (χ1v) is 5.20. The molecule has 0 radical (unpaired) electrons. The van der Waals surface area contributed by atoms with E-state index in [0.29, 0.717) is 17.8 Å². The van der Waals surface area contributed by atoms with Crippen LogP contribution in [0, 0.1) is 0 Å². The van der Waals surface area contributed by atoms with Crippen LogP contribution in [-0.4, -0.2) is 11.1 Å². The minimum Gasteiger partial charge on any atom is -0.478 e. The first kappa shape index (κ1) is 14.1. The fourth-order valence-electron chi connectivity index (χ4n) is 1.30. The van der Waals surface area contributed by atoms with Gasteiger partial charge in [-0.3, -0.25) is 0 Å². The summed E-state index contributed by atoms with van der Waals surface area (Å²) in [5.74, 6) is -1.11. The van der Waals surface area contributed by atoms with Gasteiger partial charge in [0.2, 0.25) is 0 Å². The lowest BCUT2D eigenvalue weighted by Crippen LogP contribution is -2.06. The predicted molar refractivity (Wildman–Crippen MR) is 61.1 cm³/mol. The first-order valence-electron chi connectivity index (χ1n) is 5.20. The van der Waals surface area contributed by atoms with Crippen LogP contribution in [0.15, 0.2) is 36.0 Å². The number of benzene rings is 1. The van der Waals surface area contributed by atoms with Gasteiger partial charge in [-0.1, -0.05) is 6.92 Å². The van der Waals surface area contributed by atoms with Gasteiger partial charge >= 0.3 is 12.1 Å². The highest BCUT2D eigenvalue weighted by Gasteiger charge is 2.29. The number of halogens is 3. The summed E-state index contributed by atoms with van der Waals surface area (Å²) in [7, 11) is 0. The van der Waals surface area contributed by atoms with Crippen molar-refractivity contribution in [3.63, 3.8) is 0 Å². The van der Waals surface area contributed by atoms with Crippen LogP contribution in [0.1, 0.15) is 18.9 Å². The maximum atomic E-state index is 12.3. The Bertz CT molecular complexity index is 449. The molecule has 0 atom stereocenters. The molecule has 0 aliphatic rings. The lowest BCUT2D eigenvalue weighted by Gasteiger charge is -2.10. The Morgan fingerprint density at radius 2 is 1.89 bits per heavy atom. The van der Waals surface area contributed by atoms with E-state index in [-0.39, 0.29) is 0 Å². The van der Waals surface area contributed by atoms with Crippen molar-refractivity contribution in [3.05, 3.63) is 41.6 Å². The monoisotopic (exact) mass is 259 g/mol. The van der Waals surface area contributed by atoms with Gasteiger partial charge in [-0.15, -0.1) is 0 Å². The third kappa shape index (κ3) is 4.12. The van der Waals surface area contributed by atoms with E-state index < -0.39 is 17.7 Å². The standard InChI is InChI=1S/C12H12F3NO2/c1-2-9(7-11(17)18)16-10-5-3-8(4-6-10)12(13,14)15/h3-7,16H,2H2,1H3,(H,17,18). The van der Waals surface area contributed by atoms with Crippen LogP contribution in [0.4, 0.5) is 18.9 Å². The van der Waals surface area contributed by atoms with Crippen molar-refractivity contribution in [2.24, 2.45) is 0 Å². The van der Waals surface area contributed by atoms with E-state index in [4.69, 9.17) is 5.11 Å². The van der Waals surface area contributed by atoms with Crippen molar-refractivity contribution >= 4 is 11.7 Å². The molecule has 1 aromatic rings. The number of allylic oxidation sites excluding steroid dienone is 1. The predicted octanol–water partition coefficient (Wildman–Crippen LogP) is 3.50. The highest BCUT2D eigenvalue weighted by Crippen LogP contribution is 2.30. The Morgan fingerprint density at radius 3 is 2.28 bits per heavy atom. The smallest absolute Gasteiger partial charge is 0.416 e. The second-order valence-corrected chi connectivity index (χ2v) is 3.56. The zero-order valence-electron chi connectivity index (χ0n) is 9.58. The summed E-state index contributed by atoms with van der Waals surface area (Å²) in [6, 6.07) is 4.40. The zero-order chi connectivity index (χ0) is 13.8. The number of anilines is 1. The van der Waals surface area contributed by atoms with Crippen molar-refractivity contribution in [2.45, 2.75) is 19.5 Å². The van der Waals surface area contributed by atoms with Crippen LogP contribution >= 0.6 is 0 Å². The molecule has 0 heterocycles. The molecule has 6 heteroatoms. The Labute approximate surface area is 102 Å². The van der Waals surface area contributed by atoms with E-state index in [9.17, 15) is 18.0 Å². The molecular weight excluding hydrogens is 247 g/mol. The Morgan fingerprint density at radius 1 is 1.33 bits per heavy atom. The largest absolute Gasteiger partial charge is 0.478 e. The van der Waals surface area contributed by atoms with Crippen molar-refractivity contribution in [1.82, 2.24) is 0 Å². The minimum absolute atomic E-state index is 0.414. The number of carbonyl (C=O) groups is 1. The summed E-state index contributed by atoms with van der Waals surface area (Å²) in [4.78, 5) is 10.5. The van der Waals surface area contributed by atoms with E-state index >= 15 is 0 Å². The molecule has 2 N–H and O–H groups in total. The van der Waals surface area contributed by atoms with E-state index in [0.717, 1.165) is 18.2 Å². The summed E-state index contributed by atoms with van der Waals surface area (Å²) >= 11 is 0. The highest BCUT2D eigenvalue weighted by molar-refractivity contribution is 5.81. The summed E-state index contributed by atoms with van der Waals surface area (Å²) in [5.41, 5.74) is 0.0907. The maximum Gasteiger partial charge on any atom is 0.416 e. The fraction of sp³-hybridized carbons (Fsp3) is 0.250. The van der Waals surface area contributed by atoms with E-state index in [2.05, 4.69) is 5.32 Å². The quantitative estimate of drug-likeness (QED) is 0.814. The van der Waals surface area contributed by atoms with E-state index in [1.54, 1.807) is 6.92 Å². The first-order chi connectivity index (χ1) is 8.32. The van der Waals surface area contributed by atoms with Crippen molar-refractivity contribution in [3.8, 4) is 0 Å². The second kappa shape index (κ2) is 5.57. The molecule has 0 saturated heterocycles. The molecule has 0 spiro atoms. The Balaban J connectivity index is 2.84. The average Bonchev–Trinajstić information content (AvgIpc) is 2.27. The fourth-order valence-corrected chi connectivity index (χ4v) is 1.30. The molecule has 0 saturated carbocycles. The lowest BCUT2D eigenvalue weighted by atomic mass is 10.2. The number of hydrogen-bond donors (Lipinski definition) is 2. The van der Waals surface area contributed by atoms with E-state index in [1.165, 1.54) is 12.1 Å². The van der Waals surface area contributed by atoms with Gasteiger partial charge in [0.1, 0.15) is 0 Å². The molecular formula is C12H12F3NO2. The highest BCUT2D eigenvalue weighted by atomic mass is 19.4. The minimum atomic E-state index is -4.37. The van der Waals surface area contributed by atoms with Gasteiger partial charge in [-0.25, -0.2) is 4.79 Å². The average molecular weight is 259 g/mol. The van der Waals surface area contributed by atoms with Gasteiger partial charge in [0.15, 0.2) is 0 Å². The Hall–Kier alpha value is -1.98. The van der Waals surface area contributed by atoms with E-state index in [1.807, 2.05) is 0 Å². The summed E-state index contributed by atoms with van der Waals surface area (Å²) < 4.78 is 36.9. The van der Waals surface area contributed by atoms with Crippen molar-refractivity contribution in [1.29, 1.82) is 0 Å². The van der Waals surface area contributed by atoms with Crippen LogP contribution in [0.2, 0.25) is 0 Å². The topological polar surface area (TPSA) is 49.3 Å². The van der Waals surface area contributed by atoms with Crippen LogP contribution < -0.4 is 5.32 Å².